The largest absolute Gasteiger partial charge is 0.478 e. The van der Waals surface area contributed by atoms with Crippen molar-refractivity contribution in [3.8, 4) is 0 Å². The Labute approximate surface area is 107 Å². The second-order valence-electron chi connectivity index (χ2n) is 3.24. The Balaban J connectivity index is 2.42. The summed E-state index contributed by atoms with van der Waals surface area (Å²) in [6, 6.07) is 6.56. The lowest BCUT2D eigenvalue weighted by atomic mass is 10.1. The first-order valence-corrected chi connectivity index (χ1v) is 5.87. The number of thiocarbonyl (C=S) groups is 1. The summed E-state index contributed by atoms with van der Waals surface area (Å²) in [5.41, 5.74) is 0.712. The third kappa shape index (κ3) is 2.54. The van der Waals surface area contributed by atoms with E-state index in [9.17, 15) is 9.59 Å². The molecule has 1 amide bonds. The third-order valence-electron chi connectivity index (χ3n) is 2.12. The summed E-state index contributed by atoms with van der Waals surface area (Å²) in [4.78, 5) is 23.0. The van der Waals surface area contributed by atoms with Crippen LogP contribution in [0.4, 0.5) is 4.79 Å². The Morgan fingerprint density at radius 1 is 1.41 bits per heavy atom. The maximum atomic E-state index is 11.1. The van der Waals surface area contributed by atoms with Crippen LogP contribution in [0, 0.1) is 0 Å². The van der Waals surface area contributed by atoms with E-state index in [0.717, 1.165) is 11.8 Å². The molecule has 86 valence electrons. The van der Waals surface area contributed by atoms with Crippen LogP contribution < -0.4 is 5.32 Å². The molecule has 0 spiro atoms. The Kier molecular flexibility index (Phi) is 3.26. The highest BCUT2D eigenvalue weighted by Crippen LogP contribution is 2.27. The van der Waals surface area contributed by atoms with E-state index < -0.39 is 5.97 Å². The molecule has 0 unspecified atom stereocenters. The number of carboxylic acid groups (broad SMARTS) is 1. The Morgan fingerprint density at radius 2 is 2.12 bits per heavy atom. The molecule has 1 aromatic carbocycles. The number of benzene rings is 1. The van der Waals surface area contributed by atoms with Gasteiger partial charge in [0.1, 0.15) is 4.99 Å². The summed E-state index contributed by atoms with van der Waals surface area (Å²) >= 11 is 5.92. The molecule has 1 aromatic rings. The van der Waals surface area contributed by atoms with Gasteiger partial charge in [-0.05, 0) is 29.5 Å². The zero-order valence-electron chi connectivity index (χ0n) is 8.47. The van der Waals surface area contributed by atoms with Gasteiger partial charge in [0.15, 0.2) is 0 Å². The fourth-order valence-corrected chi connectivity index (χ4v) is 2.40. The molecule has 0 atom stereocenters. The van der Waals surface area contributed by atoms with Crippen molar-refractivity contribution in [2.45, 2.75) is 0 Å². The van der Waals surface area contributed by atoms with Gasteiger partial charge in [0.2, 0.25) is 0 Å². The predicted octanol–water partition coefficient (Wildman–Crippen LogP) is 2.51. The van der Waals surface area contributed by atoms with Crippen LogP contribution in [-0.2, 0) is 0 Å². The molecule has 0 saturated carbocycles. The van der Waals surface area contributed by atoms with Crippen molar-refractivity contribution in [3.63, 3.8) is 0 Å². The number of carbonyl (C=O) groups is 2. The topological polar surface area (TPSA) is 66.4 Å². The average molecular weight is 265 g/mol. The van der Waals surface area contributed by atoms with Crippen LogP contribution >= 0.6 is 24.0 Å². The number of carbonyl (C=O) groups excluding carboxylic acids is 1. The summed E-state index contributed by atoms with van der Waals surface area (Å²) in [6.45, 7) is 0. The first-order valence-electron chi connectivity index (χ1n) is 4.65. The molecule has 6 heteroatoms. The maximum absolute atomic E-state index is 11.1. The first-order chi connectivity index (χ1) is 8.08. The number of nitrogens with one attached hydrogen (secondary N) is 1. The standard InChI is InChI=1S/C11H7NO3S2/c13-10(14)7-4-2-1-3-6(7)5-8-9(16)12-11(15)17-8/h1-5H,(H,13,14)(H,12,15,16)/b8-5-. The lowest BCUT2D eigenvalue weighted by molar-refractivity contribution is 0.0696. The number of thioether (sulfide) groups is 1. The molecule has 0 aliphatic carbocycles. The van der Waals surface area contributed by atoms with Crippen molar-refractivity contribution in [1.82, 2.24) is 5.32 Å². The SMILES string of the molecule is O=C1NC(=S)/C(=C/c2ccccc2C(=O)O)S1. The summed E-state index contributed by atoms with van der Waals surface area (Å²) < 4.78 is 0. The van der Waals surface area contributed by atoms with E-state index in [4.69, 9.17) is 17.3 Å². The zero-order valence-corrected chi connectivity index (χ0v) is 10.1. The summed E-state index contributed by atoms with van der Waals surface area (Å²) in [5, 5.41) is 11.2. The van der Waals surface area contributed by atoms with Gasteiger partial charge >= 0.3 is 5.97 Å². The smallest absolute Gasteiger partial charge is 0.336 e. The van der Waals surface area contributed by atoms with Gasteiger partial charge < -0.3 is 10.4 Å². The van der Waals surface area contributed by atoms with Gasteiger partial charge in [0.05, 0.1) is 10.5 Å². The number of rotatable bonds is 2. The molecule has 1 aliphatic rings. The molecular weight excluding hydrogens is 258 g/mol. The minimum Gasteiger partial charge on any atom is -0.478 e. The zero-order chi connectivity index (χ0) is 12.4. The molecule has 4 nitrogen and oxygen atoms in total. The lowest BCUT2D eigenvalue weighted by Gasteiger charge is -2.01. The van der Waals surface area contributed by atoms with Gasteiger partial charge in [-0.1, -0.05) is 30.4 Å². The van der Waals surface area contributed by atoms with Crippen LogP contribution in [0.25, 0.3) is 6.08 Å². The van der Waals surface area contributed by atoms with E-state index in [1.54, 1.807) is 24.3 Å². The molecule has 1 fully saturated rings. The fourth-order valence-electron chi connectivity index (χ4n) is 1.38. The molecule has 1 saturated heterocycles. The van der Waals surface area contributed by atoms with Crippen molar-refractivity contribution in [2.24, 2.45) is 0 Å². The van der Waals surface area contributed by atoms with Crippen molar-refractivity contribution in [3.05, 3.63) is 40.3 Å². The summed E-state index contributed by atoms with van der Waals surface area (Å²) in [5.74, 6) is -1.01. The van der Waals surface area contributed by atoms with Crippen LogP contribution in [-0.4, -0.2) is 21.3 Å². The van der Waals surface area contributed by atoms with E-state index in [1.165, 1.54) is 6.07 Å². The molecule has 1 aliphatic heterocycles. The highest BCUT2D eigenvalue weighted by atomic mass is 32.2. The van der Waals surface area contributed by atoms with Crippen molar-refractivity contribution >= 4 is 46.3 Å². The molecule has 2 N–H and O–H groups in total. The maximum Gasteiger partial charge on any atom is 0.336 e. The first kappa shape index (κ1) is 11.8. The van der Waals surface area contributed by atoms with Crippen molar-refractivity contribution in [2.75, 3.05) is 0 Å². The van der Waals surface area contributed by atoms with E-state index in [2.05, 4.69) is 5.32 Å². The van der Waals surface area contributed by atoms with Crippen LogP contribution in [0.1, 0.15) is 15.9 Å². The molecule has 0 bridgehead atoms. The average Bonchev–Trinajstić information content (AvgIpc) is 2.58. The summed E-state index contributed by atoms with van der Waals surface area (Å²) in [7, 11) is 0. The van der Waals surface area contributed by atoms with Gasteiger partial charge in [-0.3, -0.25) is 4.79 Å². The van der Waals surface area contributed by atoms with Gasteiger partial charge in [-0.2, -0.15) is 0 Å². The minimum absolute atomic E-state index is 0.183. The van der Waals surface area contributed by atoms with E-state index in [1.807, 2.05) is 0 Å². The second-order valence-corrected chi connectivity index (χ2v) is 4.67. The number of hydrogen-bond acceptors (Lipinski definition) is 4. The van der Waals surface area contributed by atoms with Gasteiger partial charge in [-0.25, -0.2) is 4.79 Å². The van der Waals surface area contributed by atoms with Gasteiger partial charge in [-0.15, -0.1) is 0 Å². The molecule has 0 radical (unpaired) electrons. The Morgan fingerprint density at radius 3 is 2.71 bits per heavy atom. The van der Waals surface area contributed by atoms with E-state index in [0.29, 0.717) is 15.5 Å². The molecular formula is C11H7NO3S2. The highest BCUT2D eigenvalue weighted by Gasteiger charge is 2.22. The quantitative estimate of drug-likeness (QED) is 0.635. The fraction of sp³-hybridized carbons (Fsp3) is 0. The number of hydrogen-bond donors (Lipinski definition) is 2. The highest BCUT2D eigenvalue weighted by molar-refractivity contribution is 8.19. The van der Waals surface area contributed by atoms with Gasteiger partial charge in [0, 0.05) is 0 Å². The molecule has 0 aromatic heterocycles. The molecule has 1 heterocycles. The van der Waals surface area contributed by atoms with Crippen LogP contribution in [0.5, 0.6) is 0 Å². The monoisotopic (exact) mass is 265 g/mol. The van der Waals surface area contributed by atoms with E-state index in [-0.39, 0.29) is 10.8 Å². The molecule has 2 rings (SSSR count). The number of carboxylic acids is 1. The lowest BCUT2D eigenvalue weighted by Crippen LogP contribution is -2.15. The minimum atomic E-state index is -1.01. The second kappa shape index (κ2) is 4.68. The van der Waals surface area contributed by atoms with Crippen LogP contribution in [0.15, 0.2) is 29.2 Å². The van der Waals surface area contributed by atoms with Crippen molar-refractivity contribution < 1.29 is 14.7 Å². The van der Waals surface area contributed by atoms with E-state index >= 15 is 0 Å². The van der Waals surface area contributed by atoms with Gasteiger partial charge in [0.25, 0.3) is 5.24 Å². The predicted molar refractivity (Wildman–Crippen MR) is 70.1 cm³/mol. The normalized spacial score (nSPS) is 17.3. The summed E-state index contributed by atoms with van der Waals surface area (Å²) in [6.07, 6.45) is 1.61. The Bertz CT molecular complexity index is 551. The van der Waals surface area contributed by atoms with Crippen LogP contribution in [0.3, 0.4) is 0 Å². The third-order valence-corrected chi connectivity index (χ3v) is 3.40. The van der Waals surface area contributed by atoms with Crippen LogP contribution in [0.2, 0.25) is 0 Å². The Hall–Kier alpha value is -1.66. The molecule has 17 heavy (non-hydrogen) atoms. The number of aromatic carboxylic acids is 1. The number of amides is 1. The van der Waals surface area contributed by atoms with Crippen molar-refractivity contribution in [1.29, 1.82) is 0 Å².